The molecule has 1 aliphatic carbocycles. The quantitative estimate of drug-likeness (QED) is 0.242. The fraction of sp³-hybridized carbons (Fsp3) is 0.576. The van der Waals surface area contributed by atoms with Gasteiger partial charge in [-0.05, 0) is 86.8 Å². The second kappa shape index (κ2) is 11.2. The number of hydrogen-bond donors (Lipinski definition) is 1. The van der Waals surface area contributed by atoms with Gasteiger partial charge in [-0.1, -0.05) is 39.6 Å². The number of carbonyl (C=O) groups excluding carboxylic acids is 1. The fourth-order valence-corrected chi connectivity index (χ4v) is 6.89. The van der Waals surface area contributed by atoms with Crippen LogP contribution in [0.4, 0.5) is 5.69 Å². The summed E-state index contributed by atoms with van der Waals surface area (Å²) in [6.45, 7) is 16.6. The van der Waals surface area contributed by atoms with Gasteiger partial charge in [0.25, 0.3) is 5.91 Å². The third-order valence-corrected chi connectivity index (χ3v) is 10.4. The van der Waals surface area contributed by atoms with E-state index in [1.807, 2.05) is 12.1 Å². The molecule has 4 heterocycles. The van der Waals surface area contributed by atoms with Gasteiger partial charge in [-0.25, -0.2) is 9.97 Å². The van der Waals surface area contributed by atoms with E-state index in [-0.39, 0.29) is 40.8 Å². The number of nitrogens with one attached hydrogen (secondary N) is 1. The standard InChI is InChI=1S/C33H45N5O3Si/c1-31(2)12-10-23(11-13-31)28-27(9-8-26(36-28)24-18-32(3)14-15-33(4,19-24)41-32)37-30(39)29-35-25(20-34)21-38(29)22-40-16-17-42(5,6)7/h8-10,18,21H,11-17,19,22H2,1-7H3,(H,37,39). The van der Waals surface area contributed by atoms with Crippen LogP contribution in [0, 0.1) is 16.7 Å². The number of allylic oxidation sites excluding steroid dienone is 2. The molecule has 2 aromatic heterocycles. The summed E-state index contributed by atoms with van der Waals surface area (Å²) >= 11 is 0. The van der Waals surface area contributed by atoms with Crippen LogP contribution in [0.2, 0.25) is 25.7 Å². The first-order chi connectivity index (χ1) is 19.7. The van der Waals surface area contributed by atoms with E-state index in [0.29, 0.717) is 12.3 Å². The van der Waals surface area contributed by atoms with E-state index in [9.17, 15) is 10.1 Å². The number of imidazole rings is 1. The van der Waals surface area contributed by atoms with Crippen molar-refractivity contribution in [3.05, 3.63) is 53.4 Å². The molecule has 2 atom stereocenters. The number of amides is 1. The monoisotopic (exact) mass is 587 g/mol. The number of nitrogens with zero attached hydrogens (tertiary/aromatic N) is 4. The highest BCUT2D eigenvalue weighted by molar-refractivity contribution is 6.76. The third kappa shape index (κ3) is 6.93. The van der Waals surface area contributed by atoms with Gasteiger partial charge < -0.3 is 19.4 Å². The summed E-state index contributed by atoms with van der Waals surface area (Å²) in [5.74, 6) is -0.237. The largest absolute Gasteiger partial charge is 0.365 e. The van der Waals surface area contributed by atoms with Crippen molar-refractivity contribution in [1.29, 1.82) is 5.26 Å². The molecular formula is C33H45N5O3Si. The van der Waals surface area contributed by atoms with Crippen LogP contribution in [0.15, 0.2) is 30.5 Å². The average molecular weight is 588 g/mol. The van der Waals surface area contributed by atoms with Crippen molar-refractivity contribution in [1.82, 2.24) is 14.5 Å². The highest BCUT2D eigenvalue weighted by Gasteiger charge is 2.46. The topological polar surface area (TPSA) is 102 Å². The molecule has 5 rings (SSSR count). The lowest BCUT2D eigenvalue weighted by molar-refractivity contribution is -0.0635. The summed E-state index contributed by atoms with van der Waals surface area (Å²) in [6, 6.07) is 7.03. The molecule has 224 valence electrons. The normalized spacial score (nSPS) is 25.0. The van der Waals surface area contributed by atoms with Crippen LogP contribution in [-0.2, 0) is 16.2 Å². The zero-order valence-electron chi connectivity index (χ0n) is 26.3. The van der Waals surface area contributed by atoms with Gasteiger partial charge in [-0.15, -0.1) is 0 Å². The van der Waals surface area contributed by atoms with E-state index in [0.717, 1.165) is 61.5 Å². The predicted molar refractivity (Wildman–Crippen MR) is 169 cm³/mol. The number of aromatic nitrogens is 3. The van der Waals surface area contributed by atoms with Crippen molar-refractivity contribution in [2.75, 3.05) is 11.9 Å². The van der Waals surface area contributed by atoms with Gasteiger partial charge in [0.2, 0.25) is 5.82 Å². The number of carbonyl (C=O) groups is 1. The molecule has 1 fully saturated rings. The maximum Gasteiger partial charge on any atom is 0.291 e. The Morgan fingerprint density at radius 1 is 1.14 bits per heavy atom. The maximum absolute atomic E-state index is 13.6. The lowest BCUT2D eigenvalue weighted by Crippen LogP contribution is -2.34. The summed E-state index contributed by atoms with van der Waals surface area (Å²) in [6.07, 6.45) is 11.8. The number of pyridine rings is 1. The van der Waals surface area contributed by atoms with Gasteiger partial charge in [0, 0.05) is 27.3 Å². The van der Waals surface area contributed by atoms with Crippen LogP contribution in [0.5, 0.6) is 0 Å². The molecule has 42 heavy (non-hydrogen) atoms. The first-order valence-corrected chi connectivity index (χ1v) is 18.9. The zero-order chi connectivity index (χ0) is 30.3. The van der Waals surface area contributed by atoms with Crippen molar-refractivity contribution >= 4 is 30.8 Å². The van der Waals surface area contributed by atoms with Crippen molar-refractivity contribution in [3.63, 3.8) is 0 Å². The molecule has 2 aliphatic heterocycles. The van der Waals surface area contributed by atoms with Gasteiger partial charge in [0.1, 0.15) is 12.8 Å². The molecule has 3 aliphatic rings. The molecule has 1 N–H and O–H groups in total. The Morgan fingerprint density at radius 2 is 1.93 bits per heavy atom. The first kappa shape index (κ1) is 30.4. The highest BCUT2D eigenvalue weighted by Crippen LogP contribution is 2.49. The van der Waals surface area contributed by atoms with Crippen LogP contribution in [0.1, 0.15) is 93.9 Å². The van der Waals surface area contributed by atoms with E-state index < -0.39 is 8.07 Å². The summed E-state index contributed by atoms with van der Waals surface area (Å²) < 4.78 is 13.9. The van der Waals surface area contributed by atoms with Gasteiger partial charge in [0.15, 0.2) is 5.69 Å². The molecule has 9 heteroatoms. The lowest BCUT2D eigenvalue weighted by Gasteiger charge is -2.35. The van der Waals surface area contributed by atoms with Gasteiger partial charge >= 0.3 is 0 Å². The van der Waals surface area contributed by atoms with E-state index in [1.165, 1.54) is 5.57 Å². The molecule has 8 nitrogen and oxygen atoms in total. The number of nitriles is 1. The molecular weight excluding hydrogens is 542 g/mol. The molecule has 2 unspecified atom stereocenters. The molecule has 1 amide bonds. The molecule has 0 saturated carbocycles. The Kier molecular flexibility index (Phi) is 8.12. The maximum atomic E-state index is 13.6. The molecule has 0 radical (unpaired) electrons. The summed E-state index contributed by atoms with van der Waals surface area (Å²) in [5.41, 5.74) is 4.71. The highest BCUT2D eigenvalue weighted by atomic mass is 28.3. The summed E-state index contributed by atoms with van der Waals surface area (Å²) in [5, 5.41) is 12.6. The van der Waals surface area contributed by atoms with Crippen molar-refractivity contribution in [3.8, 4) is 6.07 Å². The van der Waals surface area contributed by atoms with Crippen molar-refractivity contribution in [2.45, 2.75) is 110 Å². The van der Waals surface area contributed by atoms with Gasteiger partial charge in [-0.3, -0.25) is 4.79 Å². The molecule has 1 saturated heterocycles. The Labute approximate surface area is 251 Å². The Hall–Kier alpha value is -3.06. The molecule has 0 spiro atoms. The number of anilines is 1. The Bertz CT molecular complexity index is 1480. The smallest absolute Gasteiger partial charge is 0.291 e. The van der Waals surface area contributed by atoms with E-state index >= 15 is 0 Å². The van der Waals surface area contributed by atoms with E-state index in [4.69, 9.17) is 14.5 Å². The second-order valence-corrected chi connectivity index (χ2v) is 20.4. The summed E-state index contributed by atoms with van der Waals surface area (Å²) in [7, 11) is -1.25. The fourth-order valence-electron chi connectivity index (χ4n) is 6.13. The van der Waals surface area contributed by atoms with Crippen LogP contribution in [0.3, 0.4) is 0 Å². The van der Waals surface area contributed by atoms with E-state index in [2.05, 4.69) is 75.9 Å². The summed E-state index contributed by atoms with van der Waals surface area (Å²) in [4.78, 5) is 23.1. The number of rotatable bonds is 9. The van der Waals surface area contributed by atoms with Gasteiger partial charge in [0.05, 0.1) is 28.3 Å². The number of fused-ring (bicyclic) bond motifs is 2. The third-order valence-electron chi connectivity index (χ3n) is 8.74. The van der Waals surface area contributed by atoms with Crippen LogP contribution in [0.25, 0.3) is 11.1 Å². The second-order valence-electron chi connectivity index (χ2n) is 14.7. The van der Waals surface area contributed by atoms with Crippen LogP contribution >= 0.6 is 0 Å². The molecule has 2 bridgehead atoms. The minimum absolute atomic E-state index is 0.151. The minimum atomic E-state index is -1.25. The van der Waals surface area contributed by atoms with Crippen LogP contribution in [-0.4, -0.2) is 46.3 Å². The number of ether oxygens (including phenoxy) is 2. The number of hydrogen-bond acceptors (Lipinski definition) is 6. The molecule has 2 aromatic rings. The van der Waals surface area contributed by atoms with Crippen molar-refractivity contribution in [2.24, 2.45) is 5.41 Å². The SMILES string of the molecule is CC1(C)CC=C(c2nc(C3=CC4(C)CCC(C)(C3)O4)ccc2NC(=O)c2nc(C#N)cn2COCC[Si](C)(C)C)CC1. The average Bonchev–Trinajstić information content (AvgIpc) is 3.42. The predicted octanol–water partition coefficient (Wildman–Crippen LogP) is 7.42. The van der Waals surface area contributed by atoms with Crippen LogP contribution < -0.4 is 5.32 Å². The lowest BCUT2D eigenvalue weighted by atomic mass is 9.77. The van der Waals surface area contributed by atoms with E-state index in [1.54, 1.807) is 10.8 Å². The van der Waals surface area contributed by atoms with Crippen molar-refractivity contribution < 1.29 is 14.3 Å². The Balaban J connectivity index is 1.44. The molecule has 0 aromatic carbocycles. The first-order valence-electron chi connectivity index (χ1n) is 15.2. The van der Waals surface area contributed by atoms with Gasteiger partial charge in [-0.2, -0.15) is 5.26 Å². The zero-order valence-corrected chi connectivity index (χ0v) is 27.3. The minimum Gasteiger partial charge on any atom is -0.365 e. The Morgan fingerprint density at radius 3 is 2.60 bits per heavy atom.